The van der Waals surface area contributed by atoms with Crippen molar-refractivity contribution in [1.29, 1.82) is 0 Å². The molecule has 0 amide bonds. The van der Waals surface area contributed by atoms with E-state index in [0.717, 1.165) is 25.3 Å². The van der Waals surface area contributed by atoms with Gasteiger partial charge in [-0.05, 0) is 24.4 Å². The van der Waals surface area contributed by atoms with Crippen molar-refractivity contribution >= 4 is 11.3 Å². The van der Waals surface area contributed by atoms with E-state index in [9.17, 15) is 0 Å². The number of hydrogen-bond acceptors (Lipinski definition) is 3. The van der Waals surface area contributed by atoms with E-state index in [2.05, 4.69) is 52.4 Å². The molecule has 0 unspecified atom stereocenters. The zero-order valence-corrected chi connectivity index (χ0v) is 11.2. The molecule has 3 nitrogen and oxygen atoms in total. The first-order valence-corrected chi connectivity index (χ1v) is 6.93. The number of aryl methyl sites for hydroxylation is 1. The van der Waals surface area contributed by atoms with Gasteiger partial charge in [0.1, 0.15) is 5.82 Å². The molecular weight excluding hydrogens is 230 g/mol. The minimum Gasteiger partial charge on any atom is -0.330 e. The Morgan fingerprint density at radius 2 is 2.35 bits per heavy atom. The summed E-state index contributed by atoms with van der Waals surface area (Å²) in [6, 6.07) is 4.75. The Kier molecular flexibility index (Phi) is 4.34. The van der Waals surface area contributed by atoms with Gasteiger partial charge in [-0.25, -0.2) is 4.98 Å². The summed E-state index contributed by atoms with van der Waals surface area (Å²) in [5, 5.41) is 5.52. The third-order valence-electron chi connectivity index (χ3n) is 2.59. The van der Waals surface area contributed by atoms with Crippen LogP contribution in [0.2, 0.25) is 0 Å². The quantitative estimate of drug-likeness (QED) is 0.798. The number of aromatic nitrogens is 2. The molecule has 0 aliphatic carbocycles. The van der Waals surface area contributed by atoms with Crippen LogP contribution in [0, 0.1) is 0 Å². The fraction of sp³-hybridized carbons (Fsp3) is 0.462. The second-order valence-corrected chi connectivity index (χ2v) is 5.33. The first-order valence-electron chi connectivity index (χ1n) is 6.06. The molecule has 0 saturated heterocycles. The van der Waals surface area contributed by atoms with E-state index >= 15 is 0 Å². The highest BCUT2D eigenvalue weighted by Crippen LogP contribution is 2.22. The molecule has 92 valence electrons. The molecule has 1 N–H and O–H groups in total. The molecule has 17 heavy (non-hydrogen) atoms. The lowest BCUT2D eigenvalue weighted by atomic mass is 10.3. The number of nitrogens with one attached hydrogen (secondary N) is 1. The van der Waals surface area contributed by atoms with E-state index in [1.54, 1.807) is 11.3 Å². The Balaban J connectivity index is 1.91. The number of rotatable bonds is 6. The van der Waals surface area contributed by atoms with Crippen LogP contribution in [0.3, 0.4) is 0 Å². The van der Waals surface area contributed by atoms with E-state index in [1.165, 1.54) is 4.88 Å². The molecule has 0 aliphatic heterocycles. The molecule has 0 saturated carbocycles. The monoisotopic (exact) mass is 249 g/mol. The lowest BCUT2D eigenvalue weighted by molar-refractivity contribution is 0.537. The Labute approximate surface area is 107 Å². The standard InChI is InChI=1S/C13H19N3S/c1-11(2)14-6-4-8-16-9-7-15-13(16)12-5-3-10-17-12/h3,5,7,9-11,14H,4,6,8H2,1-2H3. The molecule has 0 bridgehead atoms. The smallest absolute Gasteiger partial charge is 0.149 e. The van der Waals surface area contributed by atoms with Gasteiger partial charge in [-0.1, -0.05) is 19.9 Å². The maximum Gasteiger partial charge on any atom is 0.149 e. The van der Waals surface area contributed by atoms with Gasteiger partial charge in [-0.3, -0.25) is 0 Å². The molecule has 2 aromatic heterocycles. The first-order chi connectivity index (χ1) is 8.27. The van der Waals surface area contributed by atoms with Crippen LogP contribution in [0.1, 0.15) is 20.3 Å². The lowest BCUT2D eigenvalue weighted by Gasteiger charge is -2.09. The van der Waals surface area contributed by atoms with Crippen LogP contribution < -0.4 is 5.32 Å². The lowest BCUT2D eigenvalue weighted by Crippen LogP contribution is -2.24. The summed E-state index contributed by atoms with van der Waals surface area (Å²) in [4.78, 5) is 5.67. The minimum atomic E-state index is 0.564. The Hall–Kier alpha value is -1.13. The molecule has 0 atom stereocenters. The average Bonchev–Trinajstić information content (AvgIpc) is 2.94. The summed E-state index contributed by atoms with van der Waals surface area (Å²) in [6.07, 6.45) is 5.07. The summed E-state index contributed by atoms with van der Waals surface area (Å²) >= 11 is 1.74. The predicted octanol–water partition coefficient (Wildman–Crippen LogP) is 3.00. The van der Waals surface area contributed by atoms with Crippen molar-refractivity contribution in [2.45, 2.75) is 32.9 Å². The highest BCUT2D eigenvalue weighted by Gasteiger charge is 2.05. The SMILES string of the molecule is CC(C)NCCCn1ccnc1-c1cccs1. The van der Waals surface area contributed by atoms with Gasteiger partial charge in [0, 0.05) is 25.0 Å². The van der Waals surface area contributed by atoms with Crippen LogP contribution in [0.25, 0.3) is 10.7 Å². The normalized spacial score (nSPS) is 11.2. The summed E-state index contributed by atoms with van der Waals surface area (Å²) in [5.74, 6) is 1.09. The molecule has 2 aromatic rings. The zero-order valence-electron chi connectivity index (χ0n) is 10.4. The Morgan fingerprint density at radius 3 is 3.06 bits per heavy atom. The number of imidazole rings is 1. The van der Waals surface area contributed by atoms with Gasteiger partial charge in [-0.2, -0.15) is 0 Å². The van der Waals surface area contributed by atoms with Crippen molar-refractivity contribution in [1.82, 2.24) is 14.9 Å². The topological polar surface area (TPSA) is 29.9 Å². The van der Waals surface area contributed by atoms with Gasteiger partial charge in [0.2, 0.25) is 0 Å². The fourth-order valence-corrected chi connectivity index (χ4v) is 2.50. The third kappa shape index (κ3) is 3.41. The highest BCUT2D eigenvalue weighted by molar-refractivity contribution is 7.13. The molecule has 2 rings (SSSR count). The molecule has 0 fully saturated rings. The van der Waals surface area contributed by atoms with E-state index in [4.69, 9.17) is 0 Å². The van der Waals surface area contributed by atoms with Crippen molar-refractivity contribution in [3.8, 4) is 10.7 Å². The van der Waals surface area contributed by atoms with Crippen molar-refractivity contribution in [3.05, 3.63) is 29.9 Å². The van der Waals surface area contributed by atoms with E-state index in [1.807, 2.05) is 6.20 Å². The average molecular weight is 249 g/mol. The van der Waals surface area contributed by atoms with Gasteiger partial charge < -0.3 is 9.88 Å². The zero-order chi connectivity index (χ0) is 12.1. The maximum atomic E-state index is 4.43. The molecule has 2 heterocycles. The second kappa shape index (κ2) is 5.98. The van der Waals surface area contributed by atoms with Crippen molar-refractivity contribution in [3.63, 3.8) is 0 Å². The number of thiophene rings is 1. The Bertz CT molecular complexity index is 431. The molecule has 4 heteroatoms. The fourth-order valence-electron chi connectivity index (χ4n) is 1.76. The van der Waals surface area contributed by atoms with Crippen molar-refractivity contribution in [2.24, 2.45) is 0 Å². The van der Waals surface area contributed by atoms with E-state index in [0.29, 0.717) is 6.04 Å². The molecule has 0 aliphatic rings. The molecule has 0 radical (unpaired) electrons. The van der Waals surface area contributed by atoms with Gasteiger partial charge in [0.25, 0.3) is 0 Å². The van der Waals surface area contributed by atoms with Crippen LogP contribution in [-0.4, -0.2) is 22.1 Å². The number of nitrogens with zero attached hydrogens (tertiary/aromatic N) is 2. The summed E-state index contributed by atoms with van der Waals surface area (Å²) in [6.45, 7) is 6.43. The summed E-state index contributed by atoms with van der Waals surface area (Å²) in [7, 11) is 0. The van der Waals surface area contributed by atoms with Gasteiger partial charge >= 0.3 is 0 Å². The predicted molar refractivity (Wildman–Crippen MR) is 73.3 cm³/mol. The minimum absolute atomic E-state index is 0.564. The maximum absolute atomic E-state index is 4.43. The molecule has 0 aromatic carbocycles. The third-order valence-corrected chi connectivity index (χ3v) is 3.45. The summed E-state index contributed by atoms with van der Waals surface area (Å²) in [5.41, 5.74) is 0. The van der Waals surface area contributed by atoms with Crippen LogP contribution in [0.5, 0.6) is 0 Å². The van der Waals surface area contributed by atoms with Crippen LogP contribution in [0.15, 0.2) is 29.9 Å². The van der Waals surface area contributed by atoms with Crippen LogP contribution in [-0.2, 0) is 6.54 Å². The van der Waals surface area contributed by atoms with E-state index < -0.39 is 0 Å². The van der Waals surface area contributed by atoms with Gasteiger partial charge in [0.05, 0.1) is 4.88 Å². The largest absolute Gasteiger partial charge is 0.330 e. The van der Waals surface area contributed by atoms with Crippen LogP contribution in [0.4, 0.5) is 0 Å². The first kappa shape index (κ1) is 12.3. The molecule has 0 spiro atoms. The Morgan fingerprint density at radius 1 is 1.47 bits per heavy atom. The molecular formula is C13H19N3S. The highest BCUT2D eigenvalue weighted by atomic mass is 32.1. The number of hydrogen-bond donors (Lipinski definition) is 1. The van der Waals surface area contributed by atoms with Crippen LogP contribution >= 0.6 is 11.3 Å². The van der Waals surface area contributed by atoms with Crippen molar-refractivity contribution in [2.75, 3.05) is 6.54 Å². The van der Waals surface area contributed by atoms with Gasteiger partial charge in [-0.15, -0.1) is 11.3 Å². The summed E-state index contributed by atoms with van der Waals surface area (Å²) < 4.78 is 2.23. The van der Waals surface area contributed by atoms with Gasteiger partial charge in [0.15, 0.2) is 0 Å². The second-order valence-electron chi connectivity index (χ2n) is 4.38. The van der Waals surface area contributed by atoms with Crippen molar-refractivity contribution < 1.29 is 0 Å². The van der Waals surface area contributed by atoms with E-state index in [-0.39, 0.29) is 0 Å².